The minimum absolute atomic E-state index is 0.0277. The lowest BCUT2D eigenvalue weighted by atomic mass is 10.1. The van der Waals surface area contributed by atoms with Crippen LogP contribution in [0.3, 0.4) is 0 Å². The summed E-state index contributed by atoms with van der Waals surface area (Å²) in [5, 5.41) is -0.547. The van der Waals surface area contributed by atoms with Crippen molar-refractivity contribution in [2.75, 3.05) is 0 Å². The van der Waals surface area contributed by atoms with E-state index < -0.39 is 11.3 Å². The standard InChI is InChI=1S/C11H12ClFO2/c1-7(2)10(11(12)14)15-9-5-3-8(13)4-6-9/h3-7,10H,1-2H3. The molecule has 0 bridgehead atoms. The lowest BCUT2D eigenvalue weighted by Gasteiger charge is -2.18. The lowest BCUT2D eigenvalue weighted by Crippen LogP contribution is -2.29. The van der Waals surface area contributed by atoms with Crippen LogP contribution in [-0.2, 0) is 4.79 Å². The van der Waals surface area contributed by atoms with Crippen molar-refractivity contribution in [1.82, 2.24) is 0 Å². The van der Waals surface area contributed by atoms with E-state index in [2.05, 4.69) is 0 Å². The van der Waals surface area contributed by atoms with Crippen molar-refractivity contribution in [2.45, 2.75) is 20.0 Å². The van der Waals surface area contributed by atoms with Crippen LogP contribution in [0.2, 0.25) is 0 Å². The molecule has 0 radical (unpaired) electrons. The fraction of sp³-hybridized carbons (Fsp3) is 0.364. The number of ether oxygens (including phenoxy) is 1. The van der Waals surface area contributed by atoms with Crippen LogP contribution in [0, 0.1) is 11.7 Å². The summed E-state index contributed by atoms with van der Waals surface area (Å²) in [5.74, 6) is 0.0600. The minimum Gasteiger partial charge on any atom is -0.481 e. The molecule has 0 spiro atoms. The molecule has 0 aliphatic carbocycles. The molecule has 1 aromatic carbocycles. The zero-order valence-corrected chi connectivity index (χ0v) is 9.29. The molecular weight excluding hydrogens is 219 g/mol. The molecule has 2 nitrogen and oxygen atoms in total. The molecule has 1 rings (SSSR count). The maximum atomic E-state index is 12.6. The van der Waals surface area contributed by atoms with Crippen molar-refractivity contribution in [1.29, 1.82) is 0 Å². The molecule has 4 heteroatoms. The van der Waals surface area contributed by atoms with Crippen LogP contribution < -0.4 is 4.74 Å². The monoisotopic (exact) mass is 230 g/mol. The normalized spacial score (nSPS) is 12.6. The second kappa shape index (κ2) is 5.12. The van der Waals surface area contributed by atoms with Gasteiger partial charge in [0.15, 0.2) is 6.10 Å². The van der Waals surface area contributed by atoms with Gasteiger partial charge in [-0.25, -0.2) is 4.39 Å². The van der Waals surface area contributed by atoms with Crippen LogP contribution in [-0.4, -0.2) is 11.3 Å². The summed E-state index contributed by atoms with van der Waals surface area (Å²) in [6.07, 6.45) is -0.697. The zero-order chi connectivity index (χ0) is 11.4. The number of halogens is 2. The van der Waals surface area contributed by atoms with Gasteiger partial charge in [0.2, 0.25) is 0 Å². The van der Waals surface area contributed by atoms with Gasteiger partial charge in [-0.15, -0.1) is 0 Å². The van der Waals surface area contributed by atoms with Crippen LogP contribution in [0.25, 0.3) is 0 Å². The highest BCUT2D eigenvalue weighted by Gasteiger charge is 2.22. The van der Waals surface area contributed by atoms with Crippen molar-refractivity contribution in [3.05, 3.63) is 30.1 Å². The van der Waals surface area contributed by atoms with Crippen LogP contribution in [0.5, 0.6) is 5.75 Å². The highest BCUT2D eigenvalue weighted by molar-refractivity contribution is 6.64. The predicted molar refractivity (Wildman–Crippen MR) is 56.5 cm³/mol. The first-order chi connectivity index (χ1) is 7.00. The van der Waals surface area contributed by atoms with Crippen molar-refractivity contribution in [3.63, 3.8) is 0 Å². The smallest absolute Gasteiger partial charge is 0.262 e. The minimum atomic E-state index is -0.697. The molecule has 82 valence electrons. The molecule has 0 aliphatic rings. The molecule has 0 aliphatic heterocycles. The van der Waals surface area contributed by atoms with E-state index in [4.69, 9.17) is 16.3 Å². The van der Waals surface area contributed by atoms with E-state index in [-0.39, 0.29) is 11.7 Å². The van der Waals surface area contributed by atoms with Gasteiger partial charge in [-0.05, 0) is 41.8 Å². The average molecular weight is 231 g/mol. The van der Waals surface area contributed by atoms with Gasteiger partial charge in [0.1, 0.15) is 11.6 Å². The fourth-order valence-corrected chi connectivity index (χ4v) is 1.40. The Morgan fingerprint density at radius 2 is 1.87 bits per heavy atom. The van der Waals surface area contributed by atoms with Gasteiger partial charge in [-0.2, -0.15) is 0 Å². The van der Waals surface area contributed by atoms with E-state index in [1.165, 1.54) is 24.3 Å². The summed E-state index contributed by atoms with van der Waals surface area (Å²) in [6.45, 7) is 3.66. The van der Waals surface area contributed by atoms with E-state index in [1.54, 1.807) is 0 Å². The highest BCUT2D eigenvalue weighted by atomic mass is 35.5. The molecule has 0 saturated carbocycles. The van der Waals surface area contributed by atoms with E-state index >= 15 is 0 Å². The third-order valence-electron chi connectivity index (χ3n) is 1.91. The summed E-state index contributed by atoms with van der Waals surface area (Å²) in [5.41, 5.74) is 0. The topological polar surface area (TPSA) is 26.3 Å². The SMILES string of the molecule is CC(C)C(Oc1ccc(F)cc1)C(=O)Cl. The molecule has 0 aromatic heterocycles. The third kappa shape index (κ3) is 3.51. The molecule has 1 unspecified atom stereocenters. The first kappa shape index (κ1) is 12.0. The predicted octanol–water partition coefficient (Wildman–Crippen LogP) is 2.99. The van der Waals surface area contributed by atoms with E-state index in [9.17, 15) is 9.18 Å². The Hall–Kier alpha value is -1.09. The van der Waals surface area contributed by atoms with Crippen LogP contribution in [0.15, 0.2) is 24.3 Å². The molecule has 0 N–H and O–H groups in total. The molecule has 1 aromatic rings. The summed E-state index contributed by atoms with van der Waals surface area (Å²) < 4.78 is 17.9. The number of benzene rings is 1. The molecular formula is C11H12ClFO2. The number of carbonyl (C=O) groups excluding carboxylic acids is 1. The lowest BCUT2D eigenvalue weighted by molar-refractivity contribution is -0.119. The molecule has 0 heterocycles. The van der Waals surface area contributed by atoms with Crippen molar-refractivity contribution in [3.8, 4) is 5.75 Å². The fourth-order valence-electron chi connectivity index (χ4n) is 1.10. The Labute approximate surface area is 93.0 Å². The Bertz CT molecular complexity index is 335. The van der Waals surface area contributed by atoms with Crippen molar-refractivity contribution >= 4 is 16.8 Å². The summed E-state index contributed by atoms with van der Waals surface area (Å²) in [7, 11) is 0. The zero-order valence-electron chi connectivity index (χ0n) is 8.54. The van der Waals surface area contributed by atoms with Crippen molar-refractivity contribution in [2.24, 2.45) is 5.92 Å². The Morgan fingerprint density at radius 3 is 2.27 bits per heavy atom. The van der Waals surface area contributed by atoms with Crippen LogP contribution >= 0.6 is 11.6 Å². The Balaban J connectivity index is 2.74. The van der Waals surface area contributed by atoms with Gasteiger partial charge in [0.25, 0.3) is 5.24 Å². The van der Waals surface area contributed by atoms with Crippen molar-refractivity contribution < 1.29 is 13.9 Å². The van der Waals surface area contributed by atoms with Gasteiger partial charge in [-0.3, -0.25) is 4.79 Å². The highest BCUT2D eigenvalue weighted by Crippen LogP contribution is 2.17. The van der Waals surface area contributed by atoms with Gasteiger partial charge in [0, 0.05) is 0 Å². The van der Waals surface area contributed by atoms with E-state index in [0.717, 1.165) is 0 Å². The number of rotatable bonds is 4. The number of hydrogen-bond donors (Lipinski definition) is 0. The average Bonchev–Trinajstić information content (AvgIpc) is 2.15. The summed E-state index contributed by atoms with van der Waals surface area (Å²) >= 11 is 5.38. The molecule has 0 saturated heterocycles. The molecule has 0 fully saturated rings. The first-order valence-electron chi connectivity index (χ1n) is 4.62. The van der Waals surface area contributed by atoms with E-state index in [0.29, 0.717) is 5.75 Å². The maximum absolute atomic E-state index is 12.6. The second-order valence-electron chi connectivity index (χ2n) is 3.54. The number of carbonyl (C=O) groups is 1. The molecule has 0 amide bonds. The third-order valence-corrected chi connectivity index (χ3v) is 2.12. The maximum Gasteiger partial charge on any atom is 0.262 e. The van der Waals surface area contributed by atoms with Crippen LogP contribution in [0.1, 0.15) is 13.8 Å². The summed E-state index contributed by atoms with van der Waals surface area (Å²) in [4.78, 5) is 11.0. The summed E-state index contributed by atoms with van der Waals surface area (Å²) in [6, 6.07) is 5.46. The van der Waals surface area contributed by atoms with Gasteiger partial charge >= 0.3 is 0 Å². The largest absolute Gasteiger partial charge is 0.481 e. The van der Waals surface area contributed by atoms with Gasteiger partial charge in [-0.1, -0.05) is 13.8 Å². The second-order valence-corrected chi connectivity index (χ2v) is 3.91. The Kier molecular flexibility index (Phi) is 4.09. The molecule has 15 heavy (non-hydrogen) atoms. The van der Waals surface area contributed by atoms with E-state index in [1.807, 2.05) is 13.8 Å². The first-order valence-corrected chi connectivity index (χ1v) is 5.00. The Morgan fingerprint density at radius 1 is 1.33 bits per heavy atom. The van der Waals surface area contributed by atoms with Gasteiger partial charge < -0.3 is 4.74 Å². The quantitative estimate of drug-likeness (QED) is 0.744. The van der Waals surface area contributed by atoms with Gasteiger partial charge in [0.05, 0.1) is 0 Å². The van der Waals surface area contributed by atoms with Crippen LogP contribution in [0.4, 0.5) is 4.39 Å². The number of hydrogen-bond acceptors (Lipinski definition) is 2. The molecule has 1 atom stereocenters.